The fourth-order valence-corrected chi connectivity index (χ4v) is 3.55. The molecule has 1 saturated heterocycles. The Balaban J connectivity index is 1.39. The zero-order valence-electron chi connectivity index (χ0n) is 17.1. The average Bonchev–Trinajstić information content (AvgIpc) is 2.75. The largest absolute Gasteiger partial charge is 0.573 e. The molecule has 0 aliphatic carbocycles. The predicted molar refractivity (Wildman–Crippen MR) is 109 cm³/mol. The molecule has 0 N–H and O–H groups in total. The monoisotopic (exact) mass is 434 g/mol. The second-order valence-corrected chi connectivity index (χ2v) is 7.47. The summed E-state index contributed by atoms with van der Waals surface area (Å²) in [6.45, 7) is 1.90. The van der Waals surface area contributed by atoms with Gasteiger partial charge < -0.3 is 14.5 Å². The van der Waals surface area contributed by atoms with Gasteiger partial charge >= 0.3 is 6.36 Å². The first-order valence-corrected chi connectivity index (χ1v) is 10.2. The number of nitrogens with zero attached hydrogens (tertiary/aromatic N) is 2. The lowest BCUT2D eigenvalue weighted by Gasteiger charge is -2.35. The number of piperazine rings is 1. The van der Waals surface area contributed by atoms with Gasteiger partial charge in [-0.3, -0.25) is 9.59 Å². The maximum atomic E-state index is 12.5. The molecule has 3 rings (SSSR count). The van der Waals surface area contributed by atoms with E-state index in [0.717, 1.165) is 12.8 Å². The molecule has 0 unspecified atom stereocenters. The third-order valence-electron chi connectivity index (χ3n) is 5.20. The number of halogens is 3. The molecule has 2 aromatic carbocycles. The van der Waals surface area contributed by atoms with Crippen LogP contribution >= 0.6 is 0 Å². The summed E-state index contributed by atoms with van der Waals surface area (Å²) in [6.07, 6.45) is -2.52. The van der Waals surface area contributed by atoms with Crippen LogP contribution in [-0.2, 0) is 22.4 Å². The van der Waals surface area contributed by atoms with Crippen LogP contribution in [0.4, 0.5) is 13.2 Å². The van der Waals surface area contributed by atoms with Gasteiger partial charge in [-0.1, -0.05) is 42.5 Å². The molecule has 166 valence electrons. The van der Waals surface area contributed by atoms with E-state index in [1.54, 1.807) is 9.80 Å². The number of alkyl halides is 3. The van der Waals surface area contributed by atoms with Crippen LogP contribution in [0.1, 0.15) is 24.0 Å². The van der Waals surface area contributed by atoms with Gasteiger partial charge in [-0.25, -0.2) is 0 Å². The summed E-state index contributed by atoms with van der Waals surface area (Å²) in [6, 6.07) is 15.3. The SMILES string of the molecule is O=C(CCCc1ccccc1)N1CCN(C(=O)Cc2ccc(OC(F)(F)F)cc2)CC1. The number of aryl methyl sites for hydroxylation is 1. The fraction of sp³-hybridized carbons (Fsp3) is 0.391. The van der Waals surface area contributed by atoms with Crippen molar-refractivity contribution in [2.24, 2.45) is 0 Å². The van der Waals surface area contributed by atoms with Crippen LogP contribution in [-0.4, -0.2) is 54.2 Å². The van der Waals surface area contributed by atoms with E-state index in [9.17, 15) is 22.8 Å². The third-order valence-corrected chi connectivity index (χ3v) is 5.20. The first kappa shape index (κ1) is 22.7. The van der Waals surface area contributed by atoms with Crippen LogP contribution in [0, 0.1) is 0 Å². The molecule has 0 saturated carbocycles. The van der Waals surface area contributed by atoms with E-state index in [4.69, 9.17) is 0 Å². The molecule has 0 atom stereocenters. The van der Waals surface area contributed by atoms with Crippen LogP contribution in [0.2, 0.25) is 0 Å². The minimum atomic E-state index is -4.74. The molecular formula is C23H25F3N2O3. The first-order valence-electron chi connectivity index (χ1n) is 10.2. The smallest absolute Gasteiger partial charge is 0.406 e. The van der Waals surface area contributed by atoms with Crippen molar-refractivity contribution in [1.29, 1.82) is 0 Å². The van der Waals surface area contributed by atoms with Crippen molar-refractivity contribution in [3.8, 4) is 5.75 Å². The van der Waals surface area contributed by atoms with E-state index in [1.165, 1.54) is 29.8 Å². The molecule has 0 spiro atoms. The Morgan fingerprint density at radius 1 is 0.806 bits per heavy atom. The average molecular weight is 434 g/mol. The van der Waals surface area contributed by atoms with Gasteiger partial charge in [-0.15, -0.1) is 13.2 Å². The molecule has 0 radical (unpaired) electrons. The van der Waals surface area contributed by atoms with Crippen molar-refractivity contribution < 1.29 is 27.5 Å². The summed E-state index contributed by atoms with van der Waals surface area (Å²) in [5.41, 5.74) is 1.82. The molecule has 1 aliphatic heterocycles. The highest BCUT2D eigenvalue weighted by Crippen LogP contribution is 2.23. The number of ether oxygens (including phenoxy) is 1. The van der Waals surface area contributed by atoms with E-state index in [0.29, 0.717) is 38.2 Å². The molecule has 8 heteroatoms. The Kier molecular flexibility index (Phi) is 7.55. The van der Waals surface area contributed by atoms with Crippen molar-refractivity contribution >= 4 is 11.8 Å². The van der Waals surface area contributed by atoms with Crippen molar-refractivity contribution in [2.45, 2.75) is 32.0 Å². The Bertz CT molecular complexity index is 862. The van der Waals surface area contributed by atoms with Crippen LogP contribution in [0.5, 0.6) is 5.75 Å². The number of benzene rings is 2. The Hall–Kier alpha value is -3.03. The Morgan fingerprint density at radius 2 is 1.39 bits per heavy atom. The fourth-order valence-electron chi connectivity index (χ4n) is 3.55. The van der Waals surface area contributed by atoms with Crippen molar-refractivity contribution in [3.63, 3.8) is 0 Å². The van der Waals surface area contributed by atoms with Gasteiger partial charge in [-0.05, 0) is 36.1 Å². The lowest BCUT2D eigenvalue weighted by molar-refractivity contribution is -0.274. The van der Waals surface area contributed by atoms with E-state index in [-0.39, 0.29) is 24.0 Å². The van der Waals surface area contributed by atoms with Crippen LogP contribution in [0.3, 0.4) is 0 Å². The molecule has 31 heavy (non-hydrogen) atoms. The number of carbonyl (C=O) groups is 2. The minimum Gasteiger partial charge on any atom is -0.406 e. The topological polar surface area (TPSA) is 49.9 Å². The quantitative estimate of drug-likeness (QED) is 0.666. The normalized spacial score (nSPS) is 14.4. The molecular weight excluding hydrogens is 409 g/mol. The predicted octanol–water partition coefficient (Wildman–Crippen LogP) is 3.82. The third kappa shape index (κ3) is 7.31. The number of hydrogen-bond acceptors (Lipinski definition) is 3. The van der Waals surface area contributed by atoms with Crippen LogP contribution in [0.15, 0.2) is 54.6 Å². The van der Waals surface area contributed by atoms with Crippen molar-refractivity contribution in [1.82, 2.24) is 9.80 Å². The van der Waals surface area contributed by atoms with Gasteiger partial charge in [0.15, 0.2) is 0 Å². The maximum Gasteiger partial charge on any atom is 0.573 e. The number of carbonyl (C=O) groups excluding carboxylic acids is 2. The zero-order chi connectivity index (χ0) is 22.3. The van der Waals surface area contributed by atoms with Crippen molar-refractivity contribution in [2.75, 3.05) is 26.2 Å². The highest BCUT2D eigenvalue weighted by molar-refractivity contribution is 5.80. The first-order chi connectivity index (χ1) is 14.8. The number of amides is 2. The van der Waals surface area contributed by atoms with Gasteiger partial charge in [0.2, 0.25) is 11.8 Å². The summed E-state index contributed by atoms with van der Waals surface area (Å²) < 4.78 is 40.5. The highest BCUT2D eigenvalue weighted by atomic mass is 19.4. The molecule has 1 fully saturated rings. The van der Waals surface area contributed by atoms with E-state index in [2.05, 4.69) is 4.74 Å². The molecule has 0 aromatic heterocycles. The van der Waals surface area contributed by atoms with Crippen LogP contribution in [0.25, 0.3) is 0 Å². The summed E-state index contributed by atoms with van der Waals surface area (Å²) >= 11 is 0. The summed E-state index contributed by atoms with van der Waals surface area (Å²) in [4.78, 5) is 28.4. The van der Waals surface area contributed by atoms with Gasteiger partial charge in [0.25, 0.3) is 0 Å². The summed E-state index contributed by atoms with van der Waals surface area (Å²) in [5.74, 6) is -0.327. The molecule has 1 heterocycles. The summed E-state index contributed by atoms with van der Waals surface area (Å²) in [7, 11) is 0. The summed E-state index contributed by atoms with van der Waals surface area (Å²) in [5, 5.41) is 0. The Morgan fingerprint density at radius 3 is 1.97 bits per heavy atom. The zero-order valence-corrected chi connectivity index (χ0v) is 17.1. The molecule has 2 aromatic rings. The number of hydrogen-bond donors (Lipinski definition) is 0. The van der Waals surface area contributed by atoms with Crippen LogP contribution < -0.4 is 4.74 Å². The molecule has 1 aliphatic rings. The van der Waals surface area contributed by atoms with Gasteiger partial charge in [0, 0.05) is 32.6 Å². The van der Waals surface area contributed by atoms with E-state index < -0.39 is 6.36 Å². The van der Waals surface area contributed by atoms with E-state index in [1.807, 2.05) is 30.3 Å². The lowest BCUT2D eigenvalue weighted by Crippen LogP contribution is -2.51. The van der Waals surface area contributed by atoms with Crippen molar-refractivity contribution in [3.05, 3.63) is 65.7 Å². The minimum absolute atomic E-state index is 0.0946. The second kappa shape index (κ2) is 10.3. The molecule has 5 nitrogen and oxygen atoms in total. The van der Waals surface area contributed by atoms with Gasteiger partial charge in [-0.2, -0.15) is 0 Å². The second-order valence-electron chi connectivity index (χ2n) is 7.47. The number of rotatable bonds is 7. The molecule has 2 amide bonds. The highest BCUT2D eigenvalue weighted by Gasteiger charge is 2.31. The molecule has 0 bridgehead atoms. The van der Waals surface area contributed by atoms with Gasteiger partial charge in [0.05, 0.1) is 6.42 Å². The lowest BCUT2D eigenvalue weighted by atomic mass is 10.1. The van der Waals surface area contributed by atoms with Gasteiger partial charge in [0.1, 0.15) is 5.75 Å². The Labute approximate surface area is 179 Å². The maximum absolute atomic E-state index is 12.5. The standard InChI is InChI=1S/C23H25F3N2O3/c24-23(25,26)31-20-11-9-19(10-12-20)17-22(30)28-15-13-27(14-16-28)21(29)8-4-7-18-5-2-1-3-6-18/h1-3,5-6,9-12H,4,7-8,13-17H2. The van der Waals surface area contributed by atoms with E-state index >= 15 is 0 Å².